The highest BCUT2D eigenvalue weighted by Crippen LogP contribution is 2.35. The fourth-order valence-corrected chi connectivity index (χ4v) is 2.81. The molecule has 5 nitrogen and oxygen atoms in total. The molecule has 0 aliphatic heterocycles. The molecule has 0 amide bonds. The van der Waals surface area contributed by atoms with E-state index in [0.29, 0.717) is 11.3 Å². The van der Waals surface area contributed by atoms with Crippen LogP contribution >= 0.6 is 0 Å². The lowest BCUT2D eigenvalue weighted by atomic mass is 9.89. The number of anilines is 1. The van der Waals surface area contributed by atoms with Gasteiger partial charge in [0, 0.05) is 11.3 Å². The van der Waals surface area contributed by atoms with Crippen LogP contribution in [0.15, 0.2) is 24.3 Å². The van der Waals surface area contributed by atoms with Gasteiger partial charge in [-0.1, -0.05) is 32.9 Å². The first-order valence-corrected chi connectivity index (χ1v) is 8.09. The van der Waals surface area contributed by atoms with Gasteiger partial charge in [-0.2, -0.15) is 5.26 Å². The third-order valence-corrected chi connectivity index (χ3v) is 3.87. The van der Waals surface area contributed by atoms with Crippen LogP contribution in [0.3, 0.4) is 0 Å². The summed E-state index contributed by atoms with van der Waals surface area (Å²) in [5.74, 6) is 1.17. The summed E-state index contributed by atoms with van der Waals surface area (Å²) >= 11 is 0. The van der Waals surface area contributed by atoms with Crippen LogP contribution in [0.5, 0.6) is 5.75 Å². The highest BCUT2D eigenvalue weighted by atomic mass is 16.5. The first kappa shape index (κ1) is 17.8. The molecule has 0 spiro atoms. The number of hydrogen-bond acceptors (Lipinski definition) is 5. The van der Waals surface area contributed by atoms with Crippen molar-refractivity contribution in [1.82, 2.24) is 4.98 Å². The van der Waals surface area contributed by atoms with Crippen molar-refractivity contribution in [3.05, 3.63) is 41.1 Å². The smallest absolute Gasteiger partial charge is 0.142 e. The molecular weight excluding hydrogens is 302 g/mol. The van der Waals surface area contributed by atoms with Gasteiger partial charge in [-0.05, 0) is 35.6 Å². The number of aliphatic hydroxyl groups is 1. The molecule has 0 aliphatic carbocycles. The van der Waals surface area contributed by atoms with Crippen LogP contribution in [0, 0.1) is 11.3 Å². The van der Waals surface area contributed by atoms with E-state index in [0.717, 1.165) is 28.8 Å². The Bertz CT molecular complexity index is 747. The van der Waals surface area contributed by atoms with Gasteiger partial charge in [0.05, 0.1) is 6.61 Å². The van der Waals surface area contributed by atoms with Crippen molar-refractivity contribution in [1.29, 1.82) is 5.26 Å². The second-order valence-corrected chi connectivity index (χ2v) is 5.83. The molecule has 0 saturated heterocycles. The molecule has 0 bridgehead atoms. The van der Waals surface area contributed by atoms with Crippen LogP contribution in [0.2, 0.25) is 0 Å². The number of benzene rings is 1. The number of aliphatic hydroxyl groups excluding tert-OH is 1. The molecule has 3 N–H and O–H groups in total. The first-order chi connectivity index (χ1) is 11.5. The number of pyridine rings is 1. The van der Waals surface area contributed by atoms with Crippen molar-refractivity contribution in [3.63, 3.8) is 0 Å². The van der Waals surface area contributed by atoms with Crippen LogP contribution in [0.4, 0.5) is 5.82 Å². The van der Waals surface area contributed by atoms with E-state index in [2.05, 4.69) is 31.8 Å². The predicted octanol–water partition coefficient (Wildman–Crippen LogP) is 3.26. The lowest BCUT2D eigenvalue weighted by molar-refractivity contribution is 0.201. The quantitative estimate of drug-likeness (QED) is 0.850. The summed E-state index contributed by atoms with van der Waals surface area (Å²) in [4.78, 5) is 4.46. The van der Waals surface area contributed by atoms with E-state index < -0.39 is 0 Å². The summed E-state index contributed by atoms with van der Waals surface area (Å²) in [6, 6.07) is 9.68. The third-order valence-electron chi connectivity index (χ3n) is 3.87. The molecule has 2 aromatic rings. The number of hydrogen-bond donors (Lipinski definition) is 2. The Balaban J connectivity index is 2.61. The van der Waals surface area contributed by atoms with Crippen LogP contribution in [-0.2, 0) is 6.42 Å². The van der Waals surface area contributed by atoms with Gasteiger partial charge in [0.2, 0.25) is 0 Å². The monoisotopic (exact) mass is 325 g/mol. The summed E-state index contributed by atoms with van der Waals surface area (Å²) in [6.07, 6.45) is 0.771. The van der Waals surface area contributed by atoms with E-state index >= 15 is 0 Å². The lowest BCUT2D eigenvalue weighted by Gasteiger charge is -2.18. The van der Waals surface area contributed by atoms with Gasteiger partial charge in [0.15, 0.2) is 0 Å². The molecule has 1 aromatic carbocycles. The molecule has 0 atom stereocenters. The predicted molar refractivity (Wildman–Crippen MR) is 94.8 cm³/mol. The highest BCUT2D eigenvalue weighted by Gasteiger charge is 2.20. The SMILES string of the molecule is CCc1c(C(C)C)nc(N)c(C#N)c1-c1ccc(OCCO)cc1. The largest absolute Gasteiger partial charge is 0.491 e. The summed E-state index contributed by atoms with van der Waals surface area (Å²) < 4.78 is 5.39. The third kappa shape index (κ3) is 3.50. The molecule has 0 fully saturated rings. The summed E-state index contributed by atoms with van der Waals surface area (Å²) in [5, 5.41) is 18.4. The molecule has 0 radical (unpaired) electrons. The van der Waals surface area contributed by atoms with Gasteiger partial charge in [-0.15, -0.1) is 0 Å². The standard InChI is InChI=1S/C19H23N3O2/c1-4-15-17(13-5-7-14(8-6-13)24-10-9-23)16(11-20)19(21)22-18(15)12(2)3/h5-8,12,23H,4,9-10H2,1-3H3,(H2,21,22). The Morgan fingerprint density at radius 2 is 1.96 bits per heavy atom. The summed E-state index contributed by atoms with van der Waals surface area (Å²) in [6.45, 7) is 6.43. The van der Waals surface area contributed by atoms with Crippen molar-refractivity contribution in [2.24, 2.45) is 0 Å². The van der Waals surface area contributed by atoms with Crippen molar-refractivity contribution in [2.45, 2.75) is 33.1 Å². The topological polar surface area (TPSA) is 92.2 Å². The maximum atomic E-state index is 9.56. The zero-order valence-corrected chi connectivity index (χ0v) is 14.3. The molecule has 0 aliphatic rings. The maximum absolute atomic E-state index is 9.56. The highest BCUT2D eigenvalue weighted by molar-refractivity contribution is 5.79. The maximum Gasteiger partial charge on any atom is 0.142 e. The molecule has 24 heavy (non-hydrogen) atoms. The minimum Gasteiger partial charge on any atom is -0.491 e. The molecule has 0 saturated carbocycles. The first-order valence-electron chi connectivity index (χ1n) is 8.09. The van der Waals surface area contributed by atoms with E-state index in [4.69, 9.17) is 15.6 Å². The van der Waals surface area contributed by atoms with Crippen LogP contribution in [0.1, 0.15) is 43.5 Å². The van der Waals surface area contributed by atoms with E-state index in [1.807, 2.05) is 24.3 Å². The van der Waals surface area contributed by atoms with Crippen molar-refractivity contribution in [2.75, 3.05) is 18.9 Å². The van der Waals surface area contributed by atoms with Gasteiger partial charge in [0.25, 0.3) is 0 Å². The Morgan fingerprint density at radius 3 is 2.46 bits per heavy atom. The average Bonchev–Trinajstić information content (AvgIpc) is 2.59. The van der Waals surface area contributed by atoms with E-state index in [1.165, 1.54) is 0 Å². The Kier molecular flexibility index (Phi) is 5.78. The number of nitrogens with zero attached hydrogens (tertiary/aromatic N) is 2. The molecule has 1 aromatic heterocycles. The Morgan fingerprint density at radius 1 is 1.29 bits per heavy atom. The van der Waals surface area contributed by atoms with Crippen molar-refractivity contribution in [3.8, 4) is 22.9 Å². The molecule has 2 rings (SSSR count). The van der Waals surface area contributed by atoms with E-state index in [-0.39, 0.29) is 24.9 Å². The fourth-order valence-electron chi connectivity index (χ4n) is 2.81. The zero-order chi connectivity index (χ0) is 17.7. The van der Waals surface area contributed by atoms with Crippen LogP contribution < -0.4 is 10.5 Å². The number of rotatable bonds is 6. The van der Waals surface area contributed by atoms with Gasteiger partial charge >= 0.3 is 0 Å². The normalized spacial score (nSPS) is 10.7. The minimum atomic E-state index is -0.0288. The van der Waals surface area contributed by atoms with Crippen molar-refractivity contribution >= 4 is 5.82 Å². The van der Waals surface area contributed by atoms with Gasteiger partial charge < -0.3 is 15.6 Å². The number of nitriles is 1. The number of nitrogen functional groups attached to an aromatic ring is 1. The molecule has 1 heterocycles. The Hall–Kier alpha value is -2.58. The average molecular weight is 325 g/mol. The molecule has 126 valence electrons. The zero-order valence-electron chi connectivity index (χ0n) is 14.3. The molecule has 0 unspecified atom stereocenters. The van der Waals surface area contributed by atoms with Gasteiger partial charge in [-0.25, -0.2) is 4.98 Å². The second-order valence-electron chi connectivity index (χ2n) is 5.83. The minimum absolute atomic E-state index is 0.0288. The fraction of sp³-hybridized carbons (Fsp3) is 0.368. The Labute approximate surface area is 142 Å². The molecular formula is C19H23N3O2. The van der Waals surface area contributed by atoms with Crippen LogP contribution in [-0.4, -0.2) is 23.3 Å². The number of ether oxygens (including phenoxy) is 1. The van der Waals surface area contributed by atoms with Gasteiger partial charge in [-0.3, -0.25) is 0 Å². The van der Waals surface area contributed by atoms with E-state index in [1.54, 1.807) is 0 Å². The van der Waals surface area contributed by atoms with Gasteiger partial charge in [0.1, 0.15) is 29.8 Å². The van der Waals surface area contributed by atoms with E-state index in [9.17, 15) is 5.26 Å². The number of aromatic nitrogens is 1. The van der Waals surface area contributed by atoms with Crippen molar-refractivity contribution < 1.29 is 9.84 Å². The molecule has 5 heteroatoms. The second kappa shape index (κ2) is 7.80. The number of nitrogens with two attached hydrogens (primary N) is 1. The summed E-state index contributed by atoms with van der Waals surface area (Å²) in [7, 11) is 0. The summed E-state index contributed by atoms with van der Waals surface area (Å²) in [5.41, 5.74) is 10.2. The lowest BCUT2D eigenvalue weighted by Crippen LogP contribution is -2.08. The van der Waals surface area contributed by atoms with Crippen LogP contribution in [0.25, 0.3) is 11.1 Å².